The molecule has 6 heteroatoms. The number of hydrogen-bond acceptors (Lipinski definition) is 5. The van der Waals surface area contributed by atoms with E-state index < -0.39 is 0 Å². The molecular weight excluding hydrogens is 248 g/mol. The number of benzene rings is 1. The van der Waals surface area contributed by atoms with Gasteiger partial charge < -0.3 is 11.1 Å². The van der Waals surface area contributed by atoms with E-state index in [1.165, 1.54) is 11.8 Å². The zero-order chi connectivity index (χ0) is 13.0. The summed E-state index contributed by atoms with van der Waals surface area (Å²) in [5.74, 6) is -0.147. The van der Waals surface area contributed by atoms with Gasteiger partial charge in [0.1, 0.15) is 0 Å². The van der Waals surface area contributed by atoms with Gasteiger partial charge in [-0.1, -0.05) is 0 Å². The summed E-state index contributed by atoms with van der Waals surface area (Å²) in [6.07, 6.45) is 3.32. The van der Waals surface area contributed by atoms with Crippen LogP contribution in [0, 0.1) is 0 Å². The third-order valence-electron chi connectivity index (χ3n) is 2.25. The number of nitrogen functional groups attached to an aromatic ring is 1. The maximum atomic E-state index is 11.5. The Morgan fingerprint density at radius 3 is 2.72 bits per heavy atom. The maximum absolute atomic E-state index is 11.5. The van der Waals surface area contributed by atoms with Crippen molar-refractivity contribution in [3.63, 3.8) is 0 Å². The number of rotatable bonds is 3. The first-order valence-corrected chi connectivity index (χ1v) is 6.09. The van der Waals surface area contributed by atoms with Gasteiger partial charge >= 0.3 is 0 Å². The number of nitrogens with one attached hydrogen (secondary N) is 1. The molecule has 2 rings (SSSR count). The molecule has 1 aromatic heterocycles. The molecule has 1 amide bonds. The van der Waals surface area contributed by atoms with Crippen LogP contribution >= 0.6 is 11.8 Å². The Hall–Kier alpha value is -2.08. The fourth-order valence-corrected chi connectivity index (χ4v) is 2.14. The van der Waals surface area contributed by atoms with Crippen LogP contribution in [0.5, 0.6) is 0 Å². The van der Waals surface area contributed by atoms with Gasteiger partial charge in [0.15, 0.2) is 5.16 Å². The molecule has 0 radical (unpaired) electrons. The van der Waals surface area contributed by atoms with Crippen LogP contribution in [-0.4, -0.2) is 22.9 Å². The van der Waals surface area contributed by atoms with Gasteiger partial charge in [0.25, 0.3) is 5.91 Å². The number of nitrogens with zero attached hydrogens (tertiary/aromatic N) is 2. The Labute approximate surface area is 109 Å². The Balaban J connectivity index is 2.30. The molecule has 0 aliphatic carbocycles. The van der Waals surface area contributed by atoms with Gasteiger partial charge in [-0.2, -0.15) is 0 Å². The van der Waals surface area contributed by atoms with E-state index in [2.05, 4.69) is 15.3 Å². The van der Waals surface area contributed by atoms with Gasteiger partial charge in [0.05, 0.1) is 0 Å². The summed E-state index contributed by atoms with van der Waals surface area (Å²) in [6.45, 7) is 0. The van der Waals surface area contributed by atoms with Crippen molar-refractivity contribution in [2.24, 2.45) is 0 Å². The standard InChI is InChI=1S/C12H12N4OS/c1-14-11(17)8-3-4-9(13)10(7-8)18-12-15-5-2-6-16-12/h2-7H,13H2,1H3,(H,14,17). The van der Waals surface area contributed by atoms with Crippen molar-refractivity contribution >= 4 is 23.4 Å². The molecule has 3 N–H and O–H groups in total. The molecule has 1 heterocycles. The molecule has 92 valence electrons. The summed E-state index contributed by atoms with van der Waals surface area (Å²) in [7, 11) is 1.59. The number of amides is 1. The second-order valence-corrected chi connectivity index (χ2v) is 4.47. The summed E-state index contributed by atoms with van der Waals surface area (Å²) >= 11 is 1.33. The minimum absolute atomic E-state index is 0.147. The van der Waals surface area contributed by atoms with Crippen LogP contribution < -0.4 is 11.1 Å². The number of carbonyl (C=O) groups excluding carboxylic acids is 1. The van der Waals surface area contributed by atoms with Gasteiger partial charge in [-0.25, -0.2) is 9.97 Å². The van der Waals surface area contributed by atoms with Crippen molar-refractivity contribution in [3.05, 3.63) is 42.2 Å². The minimum Gasteiger partial charge on any atom is -0.398 e. The summed E-state index contributed by atoms with van der Waals surface area (Å²) in [5, 5.41) is 3.17. The molecule has 0 aliphatic rings. The smallest absolute Gasteiger partial charge is 0.251 e. The molecule has 0 fully saturated rings. The van der Waals surface area contributed by atoms with Crippen LogP contribution in [0.15, 0.2) is 46.7 Å². The zero-order valence-electron chi connectivity index (χ0n) is 9.75. The van der Waals surface area contributed by atoms with E-state index in [9.17, 15) is 4.79 Å². The van der Waals surface area contributed by atoms with Crippen LogP contribution in [0.1, 0.15) is 10.4 Å². The first-order valence-electron chi connectivity index (χ1n) is 5.27. The second-order valence-electron chi connectivity index (χ2n) is 3.47. The van der Waals surface area contributed by atoms with E-state index in [4.69, 9.17) is 5.73 Å². The number of anilines is 1. The highest BCUT2D eigenvalue weighted by Gasteiger charge is 2.09. The molecule has 0 saturated carbocycles. The molecule has 0 bridgehead atoms. The van der Waals surface area contributed by atoms with Gasteiger partial charge in [-0.3, -0.25) is 4.79 Å². The summed E-state index contributed by atoms with van der Waals surface area (Å²) in [6, 6.07) is 6.86. The first-order chi connectivity index (χ1) is 8.70. The third kappa shape index (κ3) is 2.78. The van der Waals surface area contributed by atoms with Crippen LogP contribution in [0.4, 0.5) is 5.69 Å². The lowest BCUT2D eigenvalue weighted by Gasteiger charge is -2.06. The van der Waals surface area contributed by atoms with Gasteiger partial charge in [0.2, 0.25) is 0 Å². The molecule has 2 aromatic rings. The van der Waals surface area contributed by atoms with Crippen LogP contribution in [-0.2, 0) is 0 Å². The van der Waals surface area contributed by atoms with Crippen molar-refractivity contribution < 1.29 is 4.79 Å². The highest BCUT2D eigenvalue weighted by atomic mass is 32.2. The molecule has 0 aliphatic heterocycles. The summed E-state index contributed by atoms with van der Waals surface area (Å²) < 4.78 is 0. The number of nitrogens with two attached hydrogens (primary N) is 1. The first kappa shape index (κ1) is 12.4. The van der Waals surface area contributed by atoms with Crippen molar-refractivity contribution in [2.45, 2.75) is 10.1 Å². The molecule has 0 unspecified atom stereocenters. The molecule has 0 atom stereocenters. The van der Waals surface area contributed by atoms with E-state index in [-0.39, 0.29) is 5.91 Å². The third-order valence-corrected chi connectivity index (χ3v) is 3.21. The fourth-order valence-electron chi connectivity index (χ4n) is 1.34. The molecule has 0 saturated heterocycles. The molecule has 1 aromatic carbocycles. The largest absolute Gasteiger partial charge is 0.398 e. The average molecular weight is 260 g/mol. The highest BCUT2D eigenvalue weighted by Crippen LogP contribution is 2.30. The molecule has 18 heavy (non-hydrogen) atoms. The molecular formula is C12H12N4OS. The van der Waals surface area contributed by atoms with Crippen LogP contribution in [0.2, 0.25) is 0 Å². The maximum Gasteiger partial charge on any atom is 0.251 e. The van der Waals surface area contributed by atoms with E-state index in [1.54, 1.807) is 43.7 Å². The van der Waals surface area contributed by atoms with Crippen molar-refractivity contribution in [3.8, 4) is 0 Å². The van der Waals surface area contributed by atoms with Crippen molar-refractivity contribution in [1.29, 1.82) is 0 Å². The molecule has 5 nitrogen and oxygen atoms in total. The predicted octanol–water partition coefficient (Wildman–Crippen LogP) is 1.57. The SMILES string of the molecule is CNC(=O)c1ccc(N)c(Sc2ncccn2)c1. The predicted molar refractivity (Wildman–Crippen MR) is 70.4 cm³/mol. The number of hydrogen-bond donors (Lipinski definition) is 2. The summed E-state index contributed by atoms with van der Waals surface area (Å²) in [4.78, 5) is 20.5. The Morgan fingerprint density at radius 1 is 1.33 bits per heavy atom. The lowest BCUT2D eigenvalue weighted by atomic mass is 10.2. The minimum atomic E-state index is -0.147. The molecule has 0 spiro atoms. The fraction of sp³-hybridized carbons (Fsp3) is 0.0833. The van der Waals surface area contributed by atoms with Gasteiger partial charge in [-0.05, 0) is 36.0 Å². The van der Waals surface area contributed by atoms with E-state index in [0.29, 0.717) is 16.4 Å². The Morgan fingerprint density at radius 2 is 2.06 bits per heavy atom. The van der Waals surface area contributed by atoms with Crippen LogP contribution in [0.3, 0.4) is 0 Å². The Kier molecular flexibility index (Phi) is 3.78. The lowest BCUT2D eigenvalue weighted by Crippen LogP contribution is -2.17. The Bertz CT molecular complexity index is 559. The van der Waals surface area contributed by atoms with Crippen molar-refractivity contribution in [2.75, 3.05) is 12.8 Å². The average Bonchev–Trinajstić information content (AvgIpc) is 2.41. The van der Waals surface area contributed by atoms with E-state index in [1.807, 2.05) is 0 Å². The van der Waals surface area contributed by atoms with E-state index >= 15 is 0 Å². The number of carbonyl (C=O) groups is 1. The lowest BCUT2D eigenvalue weighted by molar-refractivity contribution is 0.0963. The van der Waals surface area contributed by atoms with Crippen LogP contribution in [0.25, 0.3) is 0 Å². The topological polar surface area (TPSA) is 80.9 Å². The normalized spacial score (nSPS) is 10.1. The number of aromatic nitrogens is 2. The van der Waals surface area contributed by atoms with Gasteiger partial charge in [0, 0.05) is 35.6 Å². The monoisotopic (exact) mass is 260 g/mol. The van der Waals surface area contributed by atoms with E-state index in [0.717, 1.165) is 4.90 Å². The van der Waals surface area contributed by atoms with Crippen molar-refractivity contribution in [1.82, 2.24) is 15.3 Å². The van der Waals surface area contributed by atoms with Gasteiger partial charge in [-0.15, -0.1) is 0 Å². The summed E-state index contributed by atoms with van der Waals surface area (Å²) in [5.41, 5.74) is 7.03. The highest BCUT2D eigenvalue weighted by molar-refractivity contribution is 7.99. The zero-order valence-corrected chi connectivity index (χ0v) is 10.6. The quantitative estimate of drug-likeness (QED) is 0.646. The second kappa shape index (κ2) is 5.50.